The number of hydrogen-bond donors (Lipinski definition) is 3. The normalized spacial score (nSPS) is 14.7. The summed E-state index contributed by atoms with van der Waals surface area (Å²) in [6, 6.07) is 6.36. The molecule has 0 unspecified atom stereocenters. The van der Waals surface area contributed by atoms with E-state index >= 15 is 0 Å². The third kappa shape index (κ3) is 4.74. The van der Waals surface area contributed by atoms with Crippen LogP contribution in [0.3, 0.4) is 0 Å². The highest BCUT2D eigenvalue weighted by Gasteiger charge is 2.33. The first-order valence-electron chi connectivity index (χ1n) is 8.92. The van der Waals surface area contributed by atoms with Gasteiger partial charge in [0.1, 0.15) is 11.6 Å². The highest BCUT2D eigenvalue weighted by Crippen LogP contribution is 2.37. The highest BCUT2D eigenvalue weighted by atomic mass is 19.4. The van der Waals surface area contributed by atoms with E-state index in [0.29, 0.717) is 36.1 Å². The molecule has 3 aromatic rings. The molecule has 0 amide bonds. The molecule has 1 aliphatic rings. The van der Waals surface area contributed by atoms with Crippen molar-refractivity contribution in [1.29, 1.82) is 0 Å². The minimum Gasteiger partial charge on any atom is -0.405 e. The Morgan fingerprint density at radius 3 is 2.62 bits per heavy atom. The number of rotatable bonds is 5. The third-order valence-corrected chi connectivity index (χ3v) is 4.36. The number of ether oxygens (including phenoxy) is 1. The number of nitrogens with one attached hydrogen (secondary N) is 3. The molecule has 29 heavy (non-hydrogen) atoms. The van der Waals surface area contributed by atoms with Crippen molar-refractivity contribution in [3.63, 3.8) is 0 Å². The number of anilines is 3. The standard InChI is InChI=1S/C18H18F3N7O/c19-18(20,21)29-15-9-12(28-7-5-22-6-8-28)1-2-13(15)14-10-16(27-26-14)25-17-11-23-3-4-24-17/h1-4,9-11,22H,5-8H2,(H2,24,25,26,27). The summed E-state index contributed by atoms with van der Waals surface area (Å²) in [5, 5.41) is 13.0. The fourth-order valence-electron chi connectivity index (χ4n) is 3.08. The van der Waals surface area contributed by atoms with E-state index in [0.717, 1.165) is 13.1 Å². The van der Waals surface area contributed by atoms with Crippen LogP contribution in [0, 0.1) is 0 Å². The molecule has 3 heterocycles. The van der Waals surface area contributed by atoms with Crippen LogP contribution in [0.25, 0.3) is 11.3 Å². The van der Waals surface area contributed by atoms with Gasteiger partial charge in [-0.25, -0.2) is 4.98 Å². The van der Waals surface area contributed by atoms with Crippen molar-refractivity contribution >= 4 is 17.3 Å². The SMILES string of the molecule is FC(F)(F)Oc1cc(N2CCNCC2)ccc1-c1cc(Nc2cnccn2)n[nH]1. The number of alkyl halides is 3. The lowest BCUT2D eigenvalue weighted by Gasteiger charge is -2.30. The summed E-state index contributed by atoms with van der Waals surface area (Å²) in [5.41, 5.74) is 1.30. The summed E-state index contributed by atoms with van der Waals surface area (Å²) in [6.07, 6.45) is -0.256. The lowest BCUT2D eigenvalue weighted by atomic mass is 10.1. The van der Waals surface area contributed by atoms with E-state index < -0.39 is 6.36 Å². The van der Waals surface area contributed by atoms with Gasteiger partial charge in [0.05, 0.1) is 11.9 Å². The molecule has 11 heteroatoms. The van der Waals surface area contributed by atoms with Gasteiger partial charge >= 0.3 is 6.36 Å². The van der Waals surface area contributed by atoms with Crippen LogP contribution >= 0.6 is 0 Å². The van der Waals surface area contributed by atoms with Gasteiger partial charge in [0.25, 0.3) is 0 Å². The molecule has 8 nitrogen and oxygen atoms in total. The summed E-state index contributed by atoms with van der Waals surface area (Å²) in [5.74, 6) is 0.569. The number of benzene rings is 1. The smallest absolute Gasteiger partial charge is 0.405 e. The zero-order chi connectivity index (χ0) is 20.3. The van der Waals surface area contributed by atoms with Gasteiger partial charge in [0.2, 0.25) is 0 Å². The summed E-state index contributed by atoms with van der Waals surface area (Å²) in [6.45, 7) is 2.96. The van der Waals surface area contributed by atoms with Crippen LogP contribution in [-0.4, -0.2) is 52.7 Å². The molecule has 2 aromatic heterocycles. The largest absolute Gasteiger partial charge is 0.573 e. The number of hydrogen-bond acceptors (Lipinski definition) is 7. The Labute approximate surface area is 164 Å². The minimum absolute atomic E-state index is 0.251. The van der Waals surface area contributed by atoms with Crippen molar-refractivity contribution < 1.29 is 17.9 Å². The Morgan fingerprint density at radius 2 is 1.90 bits per heavy atom. The second-order valence-corrected chi connectivity index (χ2v) is 6.35. The molecule has 152 valence electrons. The molecule has 0 saturated carbocycles. The fourth-order valence-corrected chi connectivity index (χ4v) is 3.08. The van der Waals surface area contributed by atoms with Gasteiger partial charge in [-0.3, -0.25) is 10.1 Å². The van der Waals surface area contributed by atoms with E-state index in [2.05, 4.69) is 35.5 Å². The van der Waals surface area contributed by atoms with Crippen LogP contribution < -0.4 is 20.3 Å². The molecule has 0 radical (unpaired) electrons. The summed E-state index contributed by atoms with van der Waals surface area (Å²) < 4.78 is 43.3. The minimum atomic E-state index is -4.81. The Kier molecular flexibility index (Phi) is 5.21. The molecule has 1 saturated heterocycles. The molecular weight excluding hydrogens is 387 g/mol. The first-order valence-corrected chi connectivity index (χ1v) is 8.92. The first-order chi connectivity index (χ1) is 14.0. The van der Waals surface area contributed by atoms with E-state index in [1.54, 1.807) is 18.2 Å². The van der Waals surface area contributed by atoms with Crippen molar-refractivity contribution in [2.75, 3.05) is 36.4 Å². The van der Waals surface area contributed by atoms with Crippen molar-refractivity contribution in [3.05, 3.63) is 42.9 Å². The van der Waals surface area contributed by atoms with Crippen molar-refractivity contribution in [3.8, 4) is 17.0 Å². The number of halogens is 3. The molecule has 4 rings (SSSR count). The van der Waals surface area contributed by atoms with Gasteiger partial charge in [-0.15, -0.1) is 13.2 Å². The van der Waals surface area contributed by atoms with Gasteiger partial charge in [-0.05, 0) is 12.1 Å². The quantitative estimate of drug-likeness (QED) is 0.601. The zero-order valence-electron chi connectivity index (χ0n) is 15.2. The average Bonchev–Trinajstić information content (AvgIpc) is 3.16. The van der Waals surface area contributed by atoms with E-state index in [1.165, 1.54) is 24.7 Å². The summed E-state index contributed by atoms with van der Waals surface area (Å²) in [4.78, 5) is 10.0. The lowest BCUT2D eigenvalue weighted by Crippen LogP contribution is -2.43. The summed E-state index contributed by atoms with van der Waals surface area (Å²) in [7, 11) is 0. The van der Waals surface area contributed by atoms with E-state index in [1.807, 2.05) is 4.90 Å². The van der Waals surface area contributed by atoms with Gasteiger partial charge < -0.3 is 20.3 Å². The number of piperazine rings is 1. The monoisotopic (exact) mass is 405 g/mol. The van der Waals surface area contributed by atoms with E-state index in [9.17, 15) is 13.2 Å². The highest BCUT2D eigenvalue weighted by molar-refractivity contribution is 5.73. The molecule has 1 fully saturated rings. The predicted molar refractivity (Wildman–Crippen MR) is 101 cm³/mol. The van der Waals surface area contributed by atoms with Gasteiger partial charge in [-0.2, -0.15) is 5.10 Å². The Hall–Kier alpha value is -3.34. The van der Waals surface area contributed by atoms with Crippen LogP contribution in [0.15, 0.2) is 42.9 Å². The average molecular weight is 405 g/mol. The van der Waals surface area contributed by atoms with Crippen LogP contribution in [0.1, 0.15) is 0 Å². The Balaban J connectivity index is 1.63. The van der Waals surface area contributed by atoms with E-state index in [4.69, 9.17) is 0 Å². The fraction of sp³-hybridized carbons (Fsp3) is 0.278. The molecule has 0 bridgehead atoms. The van der Waals surface area contributed by atoms with Gasteiger partial charge in [0, 0.05) is 62.0 Å². The molecule has 0 aliphatic carbocycles. The lowest BCUT2D eigenvalue weighted by molar-refractivity contribution is -0.274. The second kappa shape index (κ2) is 7.95. The maximum Gasteiger partial charge on any atom is 0.573 e. The topological polar surface area (TPSA) is 91.0 Å². The molecule has 0 spiro atoms. The third-order valence-electron chi connectivity index (χ3n) is 4.36. The maximum absolute atomic E-state index is 13.0. The van der Waals surface area contributed by atoms with E-state index in [-0.39, 0.29) is 11.3 Å². The van der Waals surface area contributed by atoms with Crippen molar-refractivity contribution in [2.45, 2.75) is 6.36 Å². The zero-order valence-corrected chi connectivity index (χ0v) is 15.2. The first kappa shape index (κ1) is 19.0. The number of aromatic nitrogens is 4. The molecule has 1 aliphatic heterocycles. The molecule has 3 N–H and O–H groups in total. The molecular formula is C18H18F3N7O. The maximum atomic E-state index is 13.0. The van der Waals surface area contributed by atoms with Crippen molar-refractivity contribution in [2.24, 2.45) is 0 Å². The number of aromatic amines is 1. The van der Waals surface area contributed by atoms with Crippen LogP contribution in [0.5, 0.6) is 5.75 Å². The van der Waals surface area contributed by atoms with Gasteiger partial charge in [0.15, 0.2) is 5.82 Å². The van der Waals surface area contributed by atoms with Crippen molar-refractivity contribution in [1.82, 2.24) is 25.5 Å². The van der Waals surface area contributed by atoms with Gasteiger partial charge in [-0.1, -0.05) is 0 Å². The Morgan fingerprint density at radius 1 is 1.07 bits per heavy atom. The number of H-pyrrole nitrogens is 1. The molecule has 1 aromatic carbocycles. The summed E-state index contributed by atoms with van der Waals surface area (Å²) >= 11 is 0. The van der Waals surface area contributed by atoms with Crippen LogP contribution in [0.2, 0.25) is 0 Å². The van der Waals surface area contributed by atoms with Crippen LogP contribution in [0.4, 0.5) is 30.5 Å². The second-order valence-electron chi connectivity index (χ2n) is 6.35. The number of nitrogens with zero attached hydrogens (tertiary/aromatic N) is 4. The predicted octanol–water partition coefficient (Wildman–Crippen LogP) is 2.92. The Bertz CT molecular complexity index is 956. The van der Waals surface area contributed by atoms with Crippen LogP contribution in [-0.2, 0) is 0 Å². The molecule has 0 atom stereocenters.